The lowest BCUT2D eigenvalue weighted by atomic mass is 10.3. The van der Waals surface area contributed by atoms with Gasteiger partial charge >= 0.3 is 0 Å². The third kappa shape index (κ3) is 3.59. The highest BCUT2D eigenvalue weighted by Gasteiger charge is 2.11. The largest absolute Gasteiger partial charge is 0.328 e. The van der Waals surface area contributed by atoms with Crippen LogP contribution in [-0.2, 0) is 13.0 Å². The first-order valence-electron chi connectivity index (χ1n) is 6.39. The van der Waals surface area contributed by atoms with Crippen LogP contribution >= 0.6 is 35.0 Å². The van der Waals surface area contributed by atoms with Crippen LogP contribution in [0.4, 0.5) is 0 Å². The normalized spacial score (nSPS) is 13.1. The molecule has 0 N–H and O–H groups in total. The maximum atomic E-state index is 6.10. The summed E-state index contributed by atoms with van der Waals surface area (Å²) in [5, 5.41) is 1.39. The van der Waals surface area contributed by atoms with E-state index in [1.54, 1.807) is 0 Å². The van der Waals surface area contributed by atoms with E-state index < -0.39 is 0 Å². The third-order valence-electron chi connectivity index (χ3n) is 3.27. The molecule has 1 unspecified atom stereocenters. The monoisotopic (exact) mass is 316 g/mol. The van der Waals surface area contributed by atoms with Gasteiger partial charge in [-0.2, -0.15) is 11.8 Å². The van der Waals surface area contributed by atoms with Gasteiger partial charge < -0.3 is 4.57 Å². The topological polar surface area (TPSA) is 17.8 Å². The minimum Gasteiger partial charge on any atom is -0.328 e. The number of hydrogen-bond donors (Lipinski definition) is 0. The zero-order valence-electron chi connectivity index (χ0n) is 11.2. The Morgan fingerprint density at radius 3 is 2.89 bits per heavy atom. The van der Waals surface area contributed by atoms with Gasteiger partial charge in [-0.1, -0.05) is 18.5 Å². The lowest BCUT2D eigenvalue weighted by Gasteiger charge is -2.12. The summed E-state index contributed by atoms with van der Waals surface area (Å²) < 4.78 is 2.26. The Hall–Kier alpha value is -0.380. The van der Waals surface area contributed by atoms with Gasteiger partial charge in [-0.25, -0.2) is 4.98 Å². The van der Waals surface area contributed by atoms with Gasteiger partial charge in [0, 0.05) is 29.1 Å². The molecule has 0 amide bonds. The molecule has 104 valence electrons. The van der Waals surface area contributed by atoms with Gasteiger partial charge in [-0.3, -0.25) is 0 Å². The van der Waals surface area contributed by atoms with E-state index in [2.05, 4.69) is 22.7 Å². The van der Waals surface area contributed by atoms with Crippen molar-refractivity contribution in [1.29, 1.82) is 0 Å². The van der Waals surface area contributed by atoms with E-state index in [1.807, 2.05) is 30.0 Å². The minimum absolute atomic E-state index is 0.592. The van der Waals surface area contributed by atoms with Crippen molar-refractivity contribution in [1.82, 2.24) is 9.55 Å². The Labute approximate surface area is 128 Å². The first kappa shape index (κ1) is 15.0. The highest BCUT2D eigenvalue weighted by atomic mass is 35.5. The Morgan fingerprint density at radius 1 is 1.42 bits per heavy atom. The Morgan fingerprint density at radius 2 is 2.21 bits per heavy atom. The molecule has 1 aromatic carbocycles. The predicted molar refractivity (Wildman–Crippen MR) is 86.8 cm³/mol. The molecule has 1 atom stereocenters. The van der Waals surface area contributed by atoms with E-state index in [4.69, 9.17) is 23.2 Å². The summed E-state index contributed by atoms with van der Waals surface area (Å²) in [7, 11) is 0. The molecule has 0 fully saturated rings. The van der Waals surface area contributed by atoms with Gasteiger partial charge in [0.2, 0.25) is 0 Å². The molecular formula is C14H18Cl2N2S. The molecule has 0 radical (unpaired) electrons. The summed E-state index contributed by atoms with van der Waals surface area (Å²) in [6, 6.07) is 5.85. The molecule has 0 bridgehead atoms. The zero-order valence-corrected chi connectivity index (χ0v) is 13.5. The second-order valence-corrected chi connectivity index (χ2v) is 6.68. The van der Waals surface area contributed by atoms with Crippen LogP contribution in [0, 0.1) is 0 Å². The van der Waals surface area contributed by atoms with Crippen molar-refractivity contribution in [3.05, 3.63) is 29.0 Å². The molecule has 2 nitrogen and oxygen atoms in total. The highest BCUT2D eigenvalue weighted by molar-refractivity contribution is 7.99. The van der Waals surface area contributed by atoms with E-state index in [9.17, 15) is 0 Å². The van der Waals surface area contributed by atoms with Crippen molar-refractivity contribution in [3.8, 4) is 0 Å². The Kier molecular flexibility index (Phi) is 5.43. The molecule has 0 aliphatic heterocycles. The van der Waals surface area contributed by atoms with Crippen molar-refractivity contribution in [2.75, 3.05) is 12.1 Å². The number of imidazole rings is 1. The van der Waals surface area contributed by atoms with Crippen LogP contribution in [0.2, 0.25) is 5.02 Å². The average molecular weight is 317 g/mol. The summed E-state index contributed by atoms with van der Waals surface area (Å²) in [6.07, 6.45) is 4.06. The van der Waals surface area contributed by atoms with Gasteiger partial charge in [0.15, 0.2) is 0 Å². The van der Waals surface area contributed by atoms with Crippen molar-refractivity contribution < 1.29 is 0 Å². The number of benzene rings is 1. The summed E-state index contributed by atoms with van der Waals surface area (Å²) in [5.74, 6) is 1.65. The number of nitrogens with zero attached hydrogens (tertiary/aromatic N) is 2. The van der Waals surface area contributed by atoms with E-state index >= 15 is 0 Å². The van der Waals surface area contributed by atoms with Crippen LogP contribution in [0.25, 0.3) is 11.0 Å². The van der Waals surface area contributed by atoms with Crippen LogP contribution in [-0.4, -0.2) is 26.9 Å². The van der Waals surface area contributed by atoms with Crippen LogP contribution < -0.4 is 0 Å². The summed E-state index contributed by atoms with van der Waals surface area (Å²) >= 11 is 13.9. The molecule has 0 spiro atoms. The average Bonchev–Trinajstić information content (AvgIpc) is 2.73. The second-order valence-electron chi connectivity index (χ2n) is 4.59. The number of rotatable bonds is 6. The fourth-order valence-electron chi connectivity index (χ4n) is 2.10. The summed E-state index contributed by atoms with van der Waals surface area (Å²) in [6.45, 7) is 3.21. The van der Waals surface area contributed by atoms with Crippen molar-refractivity contribution >= 4 is 46.0 Å². The number of thioether (sulfide) groups is 1. The number of halogens is 2. The first-order valence-corrected chi connectivity index (χ1v) is 8.59. The number of fused-ring (bicyclic) bond motifs is 1. The van der Waals surface area contributed by atoms with E-state index in [1.165, 1.54) is 0 Å². The standard InChI is InChI=1S/C14H18Cl2N2S/c1-10(19-2)6-8-18-13-9-11(16)3-4-12(13)17-14(18)5-7-15/h3-4,9-10H,5-8H2,1-2H3. The van der Waals surface area contributed by atoms with Gasteiger partial charge in [-0.15, -0.1) is 11.6 Å². The molecule has 19 heavy (non-hydrogen) atoms. The van der Waals surface area contributed by atoms with Gasteiger partial charge in [-0.05, 0) is 30.9 Å². The molecule has 0 aliphatic rings. The molecule has 5 heteroatoms. The maximum absolute atomic E-state index is 6.10. The third-order valence-corrected chi connectivity index (χ3v) is 4.73. The van der Waals surface area contributed by atoms with Gasteiger partial charge in [0.1, 0.15) is 5.82 Å². The fourth-order valence-corrected chi connectivity index (χ4v) is 2.78. The summed E-state index contributed by atoms with van der Waals surface area (Å²) in [5.41, 5.74) is 2.11. The molecule has 0 saturated carbocycles. The van der Waals surface area contributed by atoms with Gasteiger partial charge in [0.25, 0.3) is 0 Å². The van der Waals surface area contributed by atoms with E-state index in [0.717, 1.165) is 41.3 Å². The van der Waals surface area contributed by atoms with Crippen molar-refractivity contribution in [2.24, 2.45) is 0 Å². The smallest absolute Gasteiger partial charge is 0.111 e. The number of aryl methyl sites for hydroxylation is 2. The minimum atomic E-state index is 0.592. The highest BCUT2D eigenvalue weighted by Crippen LogP contribution is 2.23. The lowest BCUT2D eigenvalue weighted by molar-refractivity contribution is 0.628. The van der Waals surface area contributed by atoms with E-state index in [-0.39, 0.29) is 0 Å². The zero-order chi connectivity index (χ0) is 13.8. The molecular weight excluding hydrogens is 299 g/mol. The van der Waals surface area contributed by atoms with E-state index in [0.29, 0.717) is 11.1 Å². The molecule has 1 heterocycles. The predicted octanol–water partition coefficient (Wildman–Crippen LogP) is 4.61. The SMILES string of the molecule is CSC(C)CCn1c(CCCl)nc2ccc(Cl)cc21. The van der Waals surface area contributed by atoms with Crippen molar-refractivity contribution in [2.45, 2.75) is 31.6 Å². The fraction of sp³-hybridized carbons (Fsp3) is 0.500. The van der Waals surface area contributed by atoms with Crippen LogP contribution in [0.15, 0.2) is 18.2 Å². The molecule has 2 aromatic rings. The molecule has 2 rings (SSSR count). The quantitative estimate of drug-likeness (QED) is 0.724. The number of aromatic nitrogens is 2. The van der Waals surface area contributed by atoms with Crippen LogP contribution in [0.5, 0.6) is 0 Å². The van der Waals surface area contributed by atoms with Crippen LogP contribution in [0.1, 0.15) is 19.2 Å². The lowest BCUT2D eigenvalue weighted by Crippen LogP contribution is -2.08. The second kappa shape index (κ2) is 6.87. The number of hydrogen-bond acceptors (Lipinski definition) is 2. The Balaban J connectivity index is 2.36. The maximum Gasteiger partial charge on any atom is 0.111 e. The first-order chi connectivity index (χ1) is 9.15. The molecule has 0 aliphatic carbocycles. The van der Waals surface area contributed by atoms with Crippen molar-refractivity contribution in [3.63, 3.8) is 0 Å². The Bertz CT molecular complexity index is 554. The number of alkyl halides is 1. The molecule has 0 saturated heterocycles. The van der Waals surface area contributed by atoms with Gasteiger partial charge in [0.05, 0.1) is 11.0 Å². The molecule has 1 aromatic heterocycles. The van der Waals surface area contributed by atoms with Crippen LogP contribution in [0.3, 0.4) is 0 Å². The summed E-state index contributed by atoms with van der Waals surface area (Å²) in [4.78, 5) is 4.66.